The van der Waals surface area contributed by atoms with Crippen molar-refractivity contribution in [1.82, 2.24) is 0 Å². The second-order valence-electron chi connectivity index (χ2n) is 5.97. The SMILES string of the molecule is CO[C@H]1[C@H](O)[C@H](O)[C@H](O[C@H]2[C@H](O)[C@H](O)[C@H](C)O[C@H]2C(=O)O)O[C@@H]1C=O. The number of aliphatic hydroxyl groups is 4. The molecule has 11 nitrogen and oxygen atoms in total. The molecule has 2 aliphatic heterocycles. The van der Waals surface area contributed by atoms with E-state index in [1.807, 2.05) is 0 Å². The molecule has 2 saturated heterocycles. The topological polar surface area (TPSA) is 172 Å². The number of carbonyl (C=O) groups excluding carboxylic acids is 1. The van der Waals surface area contributed by atoms with Crippen molar-refractivity contribution >= 4 is 12.3 Å². The van der Waals surface area contributed by atoms with Crippen LogP contribution in [0.3, 0.4) is 0 Å². The lowest BCUT2D eigenvalue weighted by Crippen LogP contribution is -2.64. The molecule has 0 spiro atoms. The predicted octanol–water partition coefficient (Wildman–Crippen LogP) is -3.37. The fourth-order valence-corrected chi connectivity index (χ4v) is 2.90. The van der Waals surface area contributed by atoms with E-state index in [1.54, 1.807) is 0 Å². The van der Waals surface area contributed by atoms with E-state index in [0.717, 1.165) is 0 Å². The summed E-state index contributed by atoms with van der Waals surface area (Å²) in [5.41, 5.74) is 0. The van der Waals surface area contributed by atoms with Gasteiger partial charge in [0.2, 0.25) is 0 Å². The van der Waals surface area contributed by atoms with Gasteiger partial charge in [-0.25, -0.2) is 4.79 Å². The maximum absolute atomic E-state index is 11.3. The number of methoxy groups -OCH3 is 1. The number of aldehydes is 1. The van der Waals surface area contributed by atoms with Crippen molar-refractivity contribution < 1.29 is 54.1 Å². The van der Waals surface area contributed by atoms with Gasteiger partial charge in [-0.05, 0) is 6.92 Å². The molecular formula is C14H22O11. The number of hydrogen-bond donors (Lipinski definition) is 5. The number of hydrogen-bond acceptors (Lipinski definition) is 10. The molecule has 2 aliphatic rings. The first-order chi connectivity index (χ1) is 11.7. The third-order valence-electron chi connectivity index (χ3n) is 4.35. The highest BCUT2D eigenvalue weighted by atomic mass is 16.7. The number of carboxylic acid groups (broad SMARTS) is 1. The van der Waals surface area contributed by atoms with Crippen molar-refractivity contribution in [3.05, 3.63) is 0 Å². The molecule has 0 aromatic carbocycles. The van der Waals surface area contributed by atoms with Crippen LogP contribution in [0.2, 0.25) is 0 Å². The van der Waals surface area contributed by atoms with Crippen LogP contribution in [0.15, 0.2) is 0 Å². The molecule has 144 valence electrons. The lowest BCUT2D eigenvalue weighted by Gasteiger charge is -2.45. The Morgan fingerprint density at radius 3 is 2.12 bits per heavy atom. The summed E-state index contributed by atoms with van der Waals surface area (Å²) in [6.07, 6.45) is -14.4. The highest BCUT2D eigenvalue weighted by Crippen LogP contribution is 2.29. The molecular weight excluding hydrogens is 344 g/mol. The quantitative estimate of drug-likeness (QED) is 0.307. The Bertz CT molecular complexity index is 485. The van der Waals surface area contributed by atoms with Crippen LogP contribution in [0.25, 0.3) is 0 Å². The monoisotopic (exact) mass is 366 g/mol. The Labute approximate surface area is 142 Å². The van der Waals surface area contributed by atoms with Gasteiger partial charge >= 0.3 is 5.97 Å². The van der Waals surface area contributed by atoms with Crippen LogP contribution in [0.5, 0.6) is 0 Å². The van der Waals surface area contributed by atoms with Gasteiger partial charge in [0.25, 0.3) is 0 Å². The van der Waals surface area contributed by atoms with Gasteiger partial charge in [-0.2, -0.15) is 0 Å². The third kappa shape index (κ3) is 3.83. The summed E-state index contributed by atoms with van der Waals surface area (Å²) in [7, 11) is 1.21. The minimum atomic E-state index is -1.70. The fraction of sp³-hybridized carbons (Fsp3) is 0.857. The normalized spacial score (nSPS) is 48.1. The Hall–Kier alpha value is -1.18. The number of ether oxygens (including phenoxy) is 4. The van der Waals surface area contributed by atoms with E-state index in [2.05, 4.69) is 0 Å². The molecule has 11 heteroatoms. The van der Waals surface area contributed by atoms with E-state index in [0.29, 0.717) is 6.29 Å². The van der Waals surface area contributed by atoms with Crippen LogP contribution in [-0.2, 0) is 28.5 Å². The van der Waals surface area contributed by atoms with E-state index in [1.165, 1.54) is 14.0 Å². The molecule has 2 fully saturated rings. The van der Waals surface area contributed by atoms with Gasteiger partial charge in [-0.15, -0.1) is 0 Å². The maximum atomic E-state index is 11.3. The summed E-state index contributed by atoms with van der Waals surface area (Å²) in [6.45, 7) is 1.38. The molecule has 2 rings (SSSR count). The van der Waals surface area contributed by atoms with Gasteiger partial charge in [-0.1, -0.05) is 0 Å². The first kappa shape index (κ1) is 20.1. The van der Waals surface area contributed by atoms with Crippen LogP contribution in [0, 0.1) is 0 Å². The van der Waals surface area contributed by atoms with Crippen molar-refractivity contribution in [2.75, 3.05) is 7.11 Å². The van der Waals surface area contributed by atoms with Gasteiger partial charge in [0.1, 0.15) is 42.7 Å². The predicted molar refractivity (Wildman–Crippen MR) is 76.4 cm³/mol. The Balaban J connectivity index is 2.20. The van der Waals surface area contributed by atoms with Crippen LogP contribution >= 0.6 is 0 Å². The molecule has 0 saturated carbocycles. The molecule has 0 amide bonds. The number of aliphatic hydroxyl groups excluding tert-OH is 4. The molecule has 2 heterocycles. The average molecular weight is 366 g/mol. The van der Waals surface area contributed by atoms with E-state index >= 15 is 0 Å². The van der Waals surface area contributed by atoms with Crippen LogP contribution < -0.4 is 0 Å². The standard InChI is InChI=1S/C14H22O11/c1-4-6(16)7(17)11(12(23-4)13(20)21)25-14-9(19)8(18)10(22-2)5(3-15)24-14/h3-12,14,16-19H,1-2H3,(H,20,21)/t4-,5+,6+,7+,8+,9-,10+,11-,12+,14-/m0/s1. The number of rotatable bonds is 5. The first-order valence-electron chi connectivity index (χ1n) is 7.62. The summed E-state index contributed by atoms with van der Waals surface area (Å²) < 4.78 is 20.5. The molecule has 0 aromatic heterocycles. The smallest absolute Gasteiger partial charge is 0.335 e. The lowest BCUT2D eigenvalue weighted by atomic mass is 9.94. The van der Waals surface area contributed by atoms with Crippen LogP contribution in [-0.4, -0.2) is 106 Å². The minimum absolute atomic E-state index is 0.332. The Morgan fingerprint density at radius 2 is 1.60 bits per heavy atom. The number of carboxylic acids is 1. The first-order valence-corrected chi connectivity index (χ1v) is 7.62. The van der Waals surface area contributed by atoms with E-state index in [4.69, 9.17) is 18.9 Å². The summed E-state index contributed by atoms with van der Waals surface area (Å²) in [5, 5.41) is 49.3. The highest BCUT2D eigenvalue weighted by Gasteiger charge is 2.52. The zero-order chi connectivity index (χ0) is 18.9. The van der Waals surface area contributed by atoms with E-state index < -0.39 is 67.2 Å². The van der Waals surface area contributed by atoms with Gasteiger partial charge in [0.15, 0.2) is 18.7 Å². The Morgan fingerprint density at radius 1 is 1.00 bits per heavy atom. The van der Waals surface area contributed by atoms with Crippen LogP contribution in [0.1, 0.15) is 6.92 Å². The highest BCUT2D eigenvalue weighted by molar-refractivity contribution is 5.73. The largest absolute Gasteiger partial charge is 0.479 e. The molecule has 0 aliphatic carbocycles. The molecule has 25 heavy (non-hydrogen) atoms. The summed E-state index contributed by atoms with van der Waals surface area (Å²) in [6, 6.07) is 0. The second kappa shape index (κ2) is 8.01. The van der Waals surface area contributed by atoms with Gasteiger partial charge in [0.05, 0.1) is 6.10 Å². The van der Waals surface area contributed by atoms with Gasteiger partial charge < -0.3 is 49.3 Å². The molecule has 10 atom stereocenters. The zero-order valence-corrected chi connectivity index (χ0v) is 13.5. The minimum Gasteiger partial charge on any atom is -0.479 e. The Kier molecular flexibility index (Phi) is 6.45. The van der Waals surface area contributed by atoms with E-state index in [-0.39, 0.29) is 0 Å². The van der Waals surface area contributed by atoms with Crippen molar-refractivity contribution in [2.24, 2.45) is 0 Å². The van der Waals surface area contributed by atoms with Crippen molar-refractivity contribution in [2.45, 2.75) is 68.1 Å². The fourth-order valence-electron chi connectivity index (χ4n) is 2.90. The van der Waals surface area contributed by atoms with E-state index in [9.17, 15) is 35.1 Å². The van der Waals surface area contributed by atoms with Gasteiger partial charge in [-0.3, -0.25) is 0 Å². The zero-order valence-electron chi connectivity index (χ0n) is 13.5. The summed E-state index contributed by atoms with van der Waals surface area (Å²) in [5.74, 6) is -1.46. The maximum Gasteiger partial charge on any atom is 0.335 e. The lowest BCUT2D eigenvalue weighted by molar-refractivity contribution is -0.330. The summed E-state index contributed by atoms with van der Waals surface area (Å²) in [4.78, 5) is 22.4. The molecule has 0 radical (unpaired) electrons. The molecule has 0 bridgehead atoms. The number of carbonyl (C=O) groups is 2. The van der Waals surface area contributed by atoms with Crippen LogP contribution in [0.4, 0.5) is 0 Å². The van der Waals surface area contributed by atoms with Crippen molar-refractivity contribution in [1.29, 1.82) is 0 Å². The van der Waals surface area contributed by atoms with Crippen molar-refractivity contribution in [3.8, 4) is 0 Å². The van der Waals surface area contributed by atoms with Gasteiger partial charge in [0, 0.05) is 7.11 Å². The van der Waals surface area contributed by atoms with Crippen molar-refractivity contribution in [3.63, 3.8) is 0 Å². The third-order valence-corrected chi connectivity index (χ3v) is 4.35. The number of aliphatic carboxylic acids is 1. The molecule has 5 N–H and O–H groups in total. The summed E-state index contributed by atoms with van der Waals surface area (Å²) >= 11 is 0. The second-order valence-corrected chi connectivity index (χ2v) is 5.97. The average Bonchev–Trinajstić information content (AvgIpc) is 2.58. The molecule has 0 aromatic rings. The molecule has 0 unspecified atom stereocenters.